The fourth-order valence-corrected chi connectivity index (χ4v) is 3.62. The third kappa shape index (κ3) is 3.35. The fourth-order valence-electron chi connectivity index (χ4n) is 3.62. The summed E-state index contributed by atoms with van der Waals surface area (Å²) in [5.74, 6) is 1.86. The summed E-state index contributed by atoms with van der Waals surface area (Å²) in [6.07, 6.45) is 7.82. The Bertz CT molecular complexity index is 684. The highest BCUT2D eigenvalue weighted by Crippen LogP contribution is 2.38. The molecule has 1 aliphatic carbocycles. The van der Waals surface area contributed by atoms with Gasteiger partial charge in [0, 0.05) is 31.5 Å². The van der Waals surface area contributed by atoms with Crippen molar-refractivity contribution >= 4 is 5.91 Å². The molecule has 1 aliphatic heterocycles. The van der Waals surface area contributed by atoms with Crippen LogP contribution in [0.4, 0.5) is 0 Å². The van der Waals surface area contributed by atoms with Gasteiger partial charge < -0.3 is 9.47 Å². The van der Waals surface area contributed by atoms with Crippen LogP contribution in [0.5, 0.6) is 0 Å². The van der Waals surface area contributed by atoms with E-state index in [1.165, 1.54) is 18.4 Å². The van der Waals surface area contributed by atoms with Gasteiger partial charge in [0.05, 0.1) is 0 Å². The van der Waals surface area contributed by atoms with Crippen molar-refractivity contribution in [3.63, 3.8) is 0 Å². The van der Waals surface area contributed by atoms with Gasteiger partial charge in [0.25, 0.3) is 0 Å². The van der Waals surface area contributed by atoms with Gasteiger partial charge in [-0.1, -0.05) is 30.3 Å². The number of carbonyl (C=O) groups is 1. The van der Waals surface area contributed by atoms with Crippen molar-refractivity contribution in [1.82, 2.24) is 19.7 Å². The Labute approximate surface area is 142 Å². The molecule has 0 spiro atoms. The number of carbonyl (C=O) groups excluding carboxylic acids is 1. The zero-order valence-corrected chi connectivity index (χ0v) is 14.0. The van der Waals surface area contributed by atoms with Crippen LogP contribution in [0.15, 0.2) is 36.7 Å². The van der Waals surface area contributed by atoms with E-state index in [-0.39, 0.29) is 5.91 Å². The number of hydrogen-bond donors (Lipinski definition) is 0. The first-order chi connectivity index (χ1) is 11.8. The molecule has 2 aromatic rings. The van der Waals surface area contributed by atoms with Crippen LogP contribution in [0.2, 0.25) is 0 Å². The van der Waals surface area contributed by atoms with Gasteiger partial charge in [-0.25, -0.2) is 0 Å². The van der Waals surface area contributed by atoms with Crippen LogP contribution in [-0.2, 0) is 11.2 Å². The number of likely N-dealkylation sites (tertiary alicyclic amines) is 1. The molecule has 2 heterocycles. The fraction of sp³-hybridized carbons (Fsp3) is 0.526. The van der Waals surface area contributed by atoms with Crippen LogP contribution in [0.3, 0.4) is 0 Å². The summed E-state index contributed by atoms with van der Waals surface area (Å²) in [4.78, 5) is 14.5. The lowest BCUT2D eigenvalue weighted by atomic mass is 9.95. The third-order valence-corrected chi connectivity index (χ3v) is 5.22. The minimum Gasteiger partial charge on any atom is -0.343 e. The number of rotatable bonds is 5. The van der Waals surface area contributed by atoms with Crippen LogP contribution in [-0.4, -0.2) is 38.7 Å². The molecule has 1 amide bonds. The highest BCUT2D eigenvalue weighted by Gasteiger charge is 2.31. The second-order valence-corrected chi connectivity index (χ2v) is 6.97. The van der Waals surface area contributed by atoms with E-state index in [0.717, 1.165) is 38.2 Å². The van der Waals surface area contributed by atoms with E-state index in [0.29, 0.717) is 18.4 Å². The summed E-state index contributed by atoms with van der Waals surface area (Å²) in [5.41, 5.74) is 1.23. The third-order valence-electron chi connectivity index (χ3n) is 5.22. The molecule has 0 unspecified atom stereocenters. The number of aromatic nitrogens is 3. The van der Waals surface area contributed by atoms with Crippen molar-refractivity contribution in [3.05, 3.63) is 48.0 Å². The number of piperidine rings is 1. The summed E-state index contributed by atoms with van der Waals surface area (Å²) in [5, 5.41) is 8.46. The molecular formula is C19H24N4O. The molecule has 24 heavy (non-hydrogen) atoms. The average molecular weight is 324 g/mol. The summed E-state index contributed by atoms with van der Waals surface area (Å²) in [6.45, 7) is 1.69. The summed E-state index contributed by atoms with van der Waals surface area (Å²) < 4.78 is 2.26. The molecule has 2 aliphatic rings. The second kappa shape index (κ2) is 6.75. The first-order valence-electron chi connectivity index (χ1n) is 9.02. The highest BCUT2D eigenvalue weighted by molar-refractivity contribution is 5.76. The van der Waals surface area contributed by atoms with Gasteiger partial charge in [-0.15, -0.1) is 10.2 Å². The maximum Gasteiger partial charge on any atom is 0.222 e. The predicted octanol–water partition coefficient (Wildman–Crippen LogP) is 2.95. The van der Waals surface area contributed by atoms with Crippen molar-refractivity contribution in [3.8, 4) is 0 Å². The molecule has 1 saturated carbocycles. The van der Waals surface area contributed by atoms with Crippen molar-refractivity contribution in [2.75, 3.05) is 13.1 Å². The van der Waals surface area contributed by atoms with E-state index in [4.69, 9.17) is 0 Å². The maximum atomic E-state index is 12.4. The van der Waals surface area contributed by atoms with E-state index < -0.39 is 0 Å². The predicted molar refractivity (Wildman–Crippen MR) is 91.6 cm³/mol. The molecule has 0 radical (unpaired) electrons. The summed E-state index contributed by atoms with van der Waals surface area (Å²) >= 11 is 0. The second-order valence-electron chi connectivity index (χ2n) is 6.97. The Balaban J connectivity index is 1.29. The number of benzene rings is 1. The molecule has 1 aromatic heterocycles. The van der Waals surface area contributed by atoms with Crippen LogP contribution < -0.4 is 0 Å². The Morgan fingerprint density at radius 1 is 1.08 bits per heavy atom. The van der Waals surface area contributed by atoms with E-state index in [1.807, 2.05) is 29.4 Å². The molecular weight excluding hydrogens is 300 g/mol. The largest absolute Gasteiger partial charge is 0.343 e. The molecule has 1 saturated heterocycles. The first kappa shape index (κ1) is 15.4. The minimum absolute atomic E-state index is 0.279. The Kier molecular flexibility index (Phi) is 4.32. The summed E-state index contributed by atoms with van der Waals surface area (Å²) in [7, 11) is 0. The highest BCUT2D eigenvalue weighted by atomic mass is 16.2. The average Bonchev–Trinajstić information content (AvgIpc) is 3.37. The van der Waals surface area contributed by atoms with Gasteiger partial charge in [-0.3, -0.25) is 4.79 Å². The molecule has 2 fully saturated rings. The number of hydrogen-bond acceptors (Lipinski definition) is 3. The van der Waals surface area contributed by atoms with Crippen molar-refractivity contribution in [2.45, 2.75) is 50.5 Å². The van der Waals surface area contributed by atoms with Gasteiger partial charge in [-0.2, -0.15) is 0 Å². The molecule has 4 rings (SSSR count). The standard InChI is InChI=1S/C19H24N4O/c24-18(9-6-15-4-2-1-3-5-15)22-12-10-16(11-13-22)19-21-20-14-23(19)17-7-8-17/h1-5,14,16-17H,6-13H2. The van der Waals surface area contributed by atoms with E-state index in [2.05, 4.69) is 26.9 Å². The number of nitrogens with zero attached hydrogens (tertiary/aromatic N) is 4. The number of aryl methyl sites for hydroxylation is 1. The van der Waals surface area contributed by atoms with Crippen LogP contribution in [0.1, 0.15) is 55.5 Å². The topological polar surface area (TPSA) is 51.0 Å². The molecule has 126 valence electrons. The van der Waals surface area contributed by atoms with Crippen molar-refractivity contribution < 1.29 is 4.79 Å². The summed E-state index contributed by atoms with van der Waals surface area (Å²) in [6, 6.07) is 10.9. The Hall–Kier alpha value is -2.17. The monoisotopic (exact) mass is 324 g/mol. The molecule has 0 bridgehead atoms. The molecule has 1 aromatic carbocycles. The van der Waals surface area contributed by atoms with Crippen molar-refractivity contribution in [1.29, 1.82) is 0 Å². The van der Waals surface area contributed by atoms with Gasteiger partial charge in [0.2, 0.25) is 5.91 Å². The van der Waals surface area contributed by atoms with Crippen LogP contribution in [0.25, 0.3) is 0 Å². The molecule has 0 atom stereocenters. The van der Waals surface area contributed by atoms with Crippen molar-refractivity contribution in [2.24, 2.45) is 0 Å². The SMILES string of the molecule is O=C(CCc1ccccc1)N1CCC(c2nncn2C2CC2)CC1. The maximum absolute atomic E-state index is 12.4. The first-order valence-corrected chi connectivity index (χ1v) is 9.02. The quantitative estimate of drug-likeness (QED) is 0.849. The smallest absolute Gasteiger partial charge is 0.222 e. The minimum atomic E-state index is 0.279. The lowest BCUT2D eigenvalue weighted by Gasteiger charge is -2.31. The van der Waals surface area contributed by atoms with E-state index >= 15 is 0 Å². The normalized spacial score (nSPS) is 18.8. The van der Waals surface area contributed by atoms with Gasteiger partial charge in [0.1, 0.15) is 12.2 Å². The number of amides is 1. The molecule has 0 N–H and O–H groups in total. The lowest BCUT2D eigenvalue weighted by molar-refractivity contribution is -0.132. The van der Waals surface area contributed by atoms with Crippen LogP contribution >= 0.6 is 0 Å². The van der Waals surface area contributed by atoms with Gasteiger partial charge in [-0.05, 0) is 37.7 Å². The Morgan fingerprint density at radius 2 is 1.83 bits per heavy atom. The lowest BCUT2D eigenvalue weighted by Crippen LogP contribution is -2.38. The van der Waals surface area contributed by atoms with Gasteiger partial charge in [0.15, 0.2) is 0 Å². The molecule has 5 nitrogen and oxygen atoms in total. The zero-order valence-electron chi connectivity index (χ0n) is 14.0. The zero-order chi connectivity index (χ0) is 16.4. The van der Waals surface area contributed by atoms with Crippen LogP contribution in [0, 0.1) is 0 Å². The van der Waals surface area contributed by atoms with Gasteiger partial charge >= 0.3 is 0 Å². The van der Waals surface area contributed by atoms with E-state index in [1.54, 1.807) is 0 Å². The van der Waals surface area contributed by atoms with E-state index in [9.17, 15) is 4.79 Å². The Morgan fingerprint density at radius 3 is 2.54 bits per heavy atom. The molecule has 5 heteroatoms.